The molecule has 0 bridgehead atoms. The van der Waals surface area contributed by atoms with Crippen molar-refractivity contribution in [1.82, 2.24) is 15.5 Å². The van der Waals surface area contributed by atoms with Gasteiger partial charge in [-0.2, -0.15) is 4.98 Å². The number of benzene rings is 2. The van der Waals surface area contributed by atoms with Gasteiger partial charge in [-0.25, -0.2) is 0 Å². The number of para-hydroxylation sites is 1. The Bertz CT molecular complexity index is 983. The van der Waals surface area contributed by atoms with Gasteiger partial charge < -0.3 is 24.4 Å². The molecule has 0 fully saturated rings. The van der Waals surface area contributed by atoms with Gasteiger partial charge in [0.15, 0.2) is 17.3 Å². The summed E-state index contributed by atoms with van der Waals surface area (Å²) in [5.74, 6) is 1.45. The van der Waals surface area contributed by atoms with E-state index in [1.165, 1.54) is 0 Å². The second-order valence-corrected chi connectivity index (χ2v) is 5.74. The molecular formula is C18H15N3O5. The van der Waals surface area contributed by atoms with Crippen molar-refractivity contribution in [2.45, 2.75) is 13.5 Å². The van der Waals surface area contributed by atoms with Gasteiger partial charge in [0.25, 0.3) is 11.8 Å². The number of hydrogen-bond donors (Lipinski definition) is 2. The summed E-state index contributed by atoms with van der Waals surface area (Å²) in [5, 5.41) is 16.5. The van der Waals surface area contributed by atoms with Gasteiger partial charge in [0.1, 0.15) is 5.75 Å². The minimum Gasteiger partial charge on any atom is -0.507 e. The van der Waals surface area contributed by atoms with Gasteiger partial charge in [-0.05, 0) is 36.8 Å². The maximum absolute atomic E-state index is 12.2. The van der Waals surface area contributed by atoms with Crippen LogP contribution in [-0.4, -0.2) is 27.9 Å². The first-order valence-corrected chi connectivity index (χ1v) is 7.91. The Morgan fingerprint density at radius 1 is 1.23 bits per heavy atom. The van der Waals surface area contributed by atoms with Crippen LogP contribution < -0.4 is 14.8 Å². The maximum Gasteiger partial charge on any atom is 0.258 e. The Hall–Kier alpha value is -3.55. The molecule has 3 aromatic rings. The van der Waals surface area contributed by atoms with Crippen LogP contribution in [0.1, 0.15) is 21.7 Å². The molecule has 8 nitrogen and oxygen atoms in total. The summed E-state index contributed by atoms with van der Waals surface area (Å²) in [6, 6.07) is 10.3. The number of phenolic OH excluding ortho intramolecular Hbond substituents is 1. The van der Waals surface area contributed by atoms with Crippen molar-refractivity contribution in [3.05, 3.63) is 53.3 Å². The van der Waals surface area contributed by atoms with E-state index in [1.54, 1.807) is 43.3 Å². The van der Waals surface area contributed by atoms with Crippen molar-refractivity contribution in [2.24, 2.45) is 0 Å². The first-order valence-electron chi connectivity index (χ1n) is 7.91. The van der Waals surface area contributed by atoms with Gasteiger partial charge in [0.2, 0.25) is 6.79 Å². The van der Waals surface area contributed by atoms with Crippen molar-refractivity contribution >= 4 is 5.91 Å². The quantitative estimate of drug-likeness (QED) is 0.742. The van der Waals surface area contributed by atoms with Crippen LogP contribution in [-0.2, 0) is 6.54 Å². The predicted molar refractivity (Wildman–Crippen MR) is 89.9 cm³/mol. The van der Waals surface area contributed by atoms with E-state index in [0.717, 1.165) is 0 Å². The SMILES string of the molecule is Cc1cccc(C(=O)NCc2noc(-c3ccc4c(c3)OCO4)n2)c1O. The number of amides is 1. The fourth-order valence-corrected chi connectivity index (χ4v) is 2.57. The Balaban J connectivity index is 1.45. The number of carbonyl (C=O) groups is 1. The van der Waals surface area contributed by atoms with Gasteiger partial charge in [-0.1, -0.05) is 17.3 Å². The fourth-order valence-electron chi connectivity index (χ4n) is 2.57. The fraction of sp³-hybridized carbons (Fsp3) is 0.167. The molecule has 26 heavy (non-hydrogen) atoms. The largest absolute Gasteiger partial charge is 0.507 e. The number of nitrogens with one attached hydrogen (secondary N) is 1. The first-order chi connectivity index (χ1) is 12.6. The highest BCUT2D eigenvalue weighted by Crippen LogP contribution is 2.35. The number of rotatable bonds is 4. The second-order valence-electron chi connectivity index (χ2n) is 5.74. The third-order valence-corrected chi connectivity index (χ3v) is 3.98. The Morgan fingerprint density at radius 2 is 2.08 bits per heavy atom. The lowest BCUT2D eigenvalue weighted by Crippen LogP contribution is -2.23. The van der Waals surface area contributed by atoms with Crippen LogP contribution in [0.15, 0.2) is 40.9 Å². The van der Waals surface area contributed by atoms with E-state index in [4.69, 9.17) is 14.0 Å². The summed E-state index contributed by atoms with van der Waals surface area (Å²) in [7, 11) is 0. The second kappa shape index (κ2) is 6.40. The van der Waals surface area contributed by atoms with Crippen LogP contribution in [0.25, 0.3) is 11.5 Å². The average Bonchev–Trinajstić information content (AvgIpc) is 3.30. The number of carbonyl (C=O) groups excluding carboxylic acids is 1. The highest BCUT2D eigenvalue weighted by molar-refractivity contribution is 5.97. The lowest BCUT2D eigenvalue weighted by Gasteiger charge is -2.06. The topological polar surface area (TPSA) is 107 Å². The number of aryl methyl sites for hydroxylation is 1. The van der Waals surface area contributed by atoms with Crippen LogP contribution in [0.2, 0.25) is 0 Å². The van der Waals surface area contributed by atoms with Crippen LogP contribution in [0, 0.1) is 6.92 Å². The van der Waals surface area contributed by atoms with Crippen molar-refractivity contribution in [3.63, 3.8) is 0 Å². The molecule has 0 atom stereocenters. The molecule has 4 rings (SSSR count). The molecule has 8 heteroatoms. The molecule has 2 N–H and O–H groups in total. The molecule has 0 unspecified atom stereocenters. The number of hydrogen-bond acceptors (Lipinski definition) is 7. The lowest BCUT2D eigenvalue weighted by atomic mass is 10.1. The minimum atomic E-state index is -0.416. The summed E-state index contributed by atoms with van der Waals surface area (Å²) in [4.78, 5) is 16.5. The Morgan fingerprint density at radius 3 is 2.96 bits per heavy atom. The van der Waals surface area contributed by atoms with Gasteiger partial charge in [0, 0.05) is 5.56 Å². The number of aromatic hydroxyl groups is 1. The highest BCUT2D eigenvalue weighted by Gasteiger charge is 2.18. The number of ether oxygens (including phenoxy) is 2. The minimum absolute atomic E-state index is 0.0424. The zero-order valence-corrected chi connectivity index (χ0v) is 13.9. The summed E-state index contributed by atoms with van der Waals surface area (Å²) >= 11 is 0. The molecule has 1 aliphatic rings. The third-order valence-electron chi connectivity index (χ3n) is 3.98. The van der Waals surface area contributed by atoms with E-state index in [-0.39, 0.29) is 24.7 Å². The van der Waals surface area contributed by atoms with Crippen molar-refractivity contribution < 1.29 is 23.9 Å². The molecule has 132 valence electrons. The van der Waals surface area contributed by atoms with Crippen molar-refractivity contribution in [3.8, 4) is 28.7 Å². The lowest BCUT2D eigenvalue weighted by molar-refractivity contribution is 0.0947. The number of fused-ring (bicyclic) bond motifs is 1. The molecule has 0 spiro atoms. The monoisotopic (exact) mass is 353 g/mol. The molecule has 0 radical (unpaired) electrons. The van der Waals surface area contributed by atoms with E-state index >= 15 is 0 Å². The van der Waals surface area contributed by atoms with Crippen LogP contribution >= 0.6 is 0 Å². The van der Waals surface area contributed by atoms with Gasteiger partial charge >= 0.3 is 0 Å². The van der Waals surface area contributed by atoms with Gasteiger partial charge in [0.05, 0.1) is 12.1 Å². The van der Waals surface area contributed by atoms with Crippen molar-refractivity contribution in [1.29, 1.82) is 0 Å². The number of aromatic nitrogens is 2. The molecule has 0 saturated heterocycles. The standard InChI is InChI=1S/C18H15N3O5/c1-10-3-2-4-12(16(10)22)17(23)19-8-15-20-18(26-21-15)11-5-6-13-14(7-11)25-9-24-13/h2-7,22H,8-9H2,1H3,(H,19,23). The zero-order chi connectivity index (χ0) is 18.1. The molecule has 2 heterocycles. The normalized spacial score (nSPS) is 12.2. The molecule has 0 saturated carbocycles. The number of nitrogens with zero attached hydrogens (tertiary/aromatic N) is 2. The summed E-state index contributed by atoms with van der Waals surface area (Å²) < 4.78 is 15.8. The summed E-state index contributed by atoms with van der Waals surface area (Å²) in [6.45, 7) is 1.98. The molecule has 1 aliphatic heterocycles. The van der Waals surface area contributed by atoms with E-state index in [2.05, 4.69) is 15.5 Å². The van der Waals surface area contributed by atoms with E-state index in [1.807, 2.05) is 0 Å². The van der Waals surface area contributed by atoms with E-state index < -0.39 is 5.91 Å². The maximum atomic E-state index is 12.2. The van der Waals surface area contributed by atoms with Gasteiger partial charge in [-0.3, -0.25) is 4.79 Å². The Labute approximate surface area is 148 Å². The zero-order valence-electron chi connectivity index (χ0n) is 13.9. The molecule has 1 aromatic heterocycles. The first kappa shape index (κ1) is 15.9. The average molecular weight is 353 g/mol. The Kier molecular flexibility index (Phi) is 3.92. The van der Waals surface area contributed by atoms with Crippen LogP contribution in [0.3, 0.4) is 0 Å². The molecule has 2 aromatic carbocycles. The van der Waals surface area contributed by atoms with E-state index in [0.29, 0.717) is 34.3 Å². The predicted octanol–water partition coefficient (Wildman–Crippen LogP) is 2.41. The smallest absolute Gasteiger partial charge is 0.258 e. The molecular weight excluding hydrogens is 338 g/mol. The third kappa shape index (κ3) is 2.92. The van der Waals surface area contributed by atoms with Crippen molar-refractivity contribution in [2.75, 3.05) is 6.79 Å². The summed E-state index contributed by atoms with van der Waals surface area (Å²) in [5.41, 5.74) is 1.52. The molecule has 0 aliphatic carbocycles. The van der Waals surface area contributed by atoms with Crippen LogP contribution in [0.4, 0.5) is 0 Å². The van der Waals surface area contributed by atoms with Gasteiger partial charge in [-0.15, -0.1) is 0 Å². The molecule has 1 amide bonds. The summed E-state index contributed by atoms with van der Waals surface area (Å²) in [6.07, 6.45) is 0. The number of phenols is 1. The van der Waals surface area contributed by atoms with Crippen LogP contribution in [0.5, 0.6) is 17.2 Å². The van der Waals surface area contributed by atoms with E-state index in [9.17, 15) is 9.90 Å². The highest BCUT2D eigenvalue weighted by atomic mass is 16.7.